The van der Waals surface area contributed by atoms with Crippen LogP contribution >= 0.6 is 12.4 Å². The number of rotatable bonds is 10. The average Bonchev–Trinajstić information content (AvgIpc) is 2.68. The number of carbonyl (C=O) groups excluding carboxylic acids is 2. The standard InChI is InChI=1S/C21H27N3O3.ClH/c1-27-17-10-8-9-16(15-17)23-21(26)18-11-5-6-12-19(18)24-20(25)13-4-2-3-7-14-22;/h5-6,8-12,15H,2-4,7,13-14,22H2,1H3,(H,23,26)(H,24,25);1H. The molecule has 152 valence electrons. The molecule has 0 aliphatic heterocycles. The Morgan fingerprint density at radius 3 is 2.46 bits per heavy atom. The number of halogens is 1. The first kappa shape index (κ1) is 23.5. The molecule has 0 radical (unpaired) electrons. The van der Waals surface area contributed by atoms with Gasteiger partial charge in [-0.3, -0.25) is 9.59 Å². The van der Waals surface area contributed by atoms with Crippen molar-refractivity contribution in [2.75, 3.05) is 24.3 Å². The van der Waals surface area contributed by atoms with Crippen LogP contribution in [0.3, 0.4) is 0 Å². The third kappa shape index (κ3) is 7.58. The summed E-state index contributed by atoms with van der Waals surface area (Å²) in [5.41, 5.74) is 7.01. The number of para-hydroxylation sites is 1. The van der Waals surface area contributed by atoms with Crippen molar-refractivity contribution in [3.63, 3.8) is 0 Å². The Morgan fingerprint density at radius 2 is 1.71 bits per heavy atom. The highest BCUT2D eigenvalue weighted by Crippen LogP contribution is 2.20. The van der Waals surface area contributed by atoms with Gasteiger partial charge in [0, 0.05) is 18.2 Å². The molecule has 4 N–H and O–H groups in total. The van der Waals surface area contributed by atoms with Gasteiger partial charge in [0.15, 0.2) is 0 Å². The Kier molecular flexibility index (Phi) is 10.7. The molecule has 6 nitrogen and oxygen atoms in total. The summed E-state index contributed by atoms with van der Waals surface area (Å²) >= 11 is 0. The highest BCUT2D eigenvalue weighted by molar-refractivity contribution is 6.10. The van der Waals surface area contributed by atoms with Gasteiger partial charge in [-0.15, -0.1) is 12.4 Å². The summed E-state index contributed by atoms with van der Waals surface area (Å²) in [7, 11) is 1.57. The summed E-state index contributed by atoms with van der Waals surface area (Å²) in [6.45, 7) is 0.683. The zero-order valence-electron chi connectivity index (χ0n) is 16.1. The van der Waals surface area contributed by atoms with E-state index in [1.54, 1.807) is 55.6 Å². The number of anilines is 2. The second kappa shape index (κ2) is 12.8. The molecule has 0 heterocycles. The zero-order chi connectivity index (χ0) is 19.5. The maximum Gasteiger partial charge on any atom is 0.257 e. The van der Waals surface area contributed by atoms with Crippen LogP contribution in [0.2, 0.25) is 0 Å². The molecule has 0 bridgehead atoms. The van der Waals surface area contributed by atoms with Gasteiger partial charge in [0.1, 0.15) is 5.75 Å². The van der Waals surface area contributed by atoms with Crippen LogP contribution in [0.4, 0.5) is 11.4 Å². The number of carbonyl (C=O) groups is 2. The summed E-state index contributed by atoms with van der Waals surface area (Å²) in [6.07, 6.45) is 4.22. The lowest BCUT2D eigenvalue weighted by Gasteiger charge is -2.12. The number of amides is 2. The number of ether oxygens (including phenoxy) is 1. The molecular formula is C21H28ClN3O3. The summed E-state index contributed by atoms with van der Waals surface area (Å²) in [6, 6.07) is 14.1. The van der Waals surface area contributed by atoms with E-state index in [9.17, 15) is 9.59 Å². The lowest BCUT2D eigenvalue weighted by Crippen LogP contribution is -2.18. The van der Waals surface area contributed by atoms with E-state index in [0.717, 1.165) is 25.7 Å². The Hall–Kier alpha value is -2.57. The van der Waals surface area contributed by atoms with Crippen LogP contribution in [0.1, 0.15) is 42.5 Å². The van der Waals surface area contributed by atoms with Crippen LogP contribution in [0.15, 0.2) is 48.5 Å². The number of benzene rings is 2. The minimum Gasteiger partial charge on any atom is -0.497 e. The molecule has 0 aliphatic rings. The molecule has 0 saturated heterocycles. The number of hydrogen-bond donors (Lipinski definition) is 3. The smallest absolute Gasteiger partial charge is 0.257 e. The molecule has 0 spiro atoms. The molecule has 2 aromatic carbocycles. The van der Waals surface area contributed by atoms with Crippen LogP contribution in [-0.4, -0.2) is 25.5 Å². The topological polar surface area (TPSA) is 93.5 Å². The Bertz CT molecular complexity index is 768. The zero-order valence-corrected chi connectivity index (χ0v) is 16.9. The second-order valence-corrected chi connectivity index (χ2v) is 6.23. The predicted molar refractivity (Wildman–Crippen MR) is 115 cm³/mol. The third-order valence-corrected chi connectivity index (χ3v) is 4.13. The van der Waals surface area contributed by atoms with Crippen molar-refractivity contribution in [1.82, 2.24) is 0 Å². The number of methoxy groups -OCH3 is 1. The quantitative estimate of drug-likeness (QED) is 0.516. The minimum absolute atomic E-state index is 0. The highest BCUT2D eigenvalue weighted by Gasteiger charge is 2.13. The first-order valence-electron chi connectivity index (χ1n) is 9.18. The van der Waals surface area contributed by atoms with E-state index < -0.39 is 0 Å². The van der Waals surface area contributed by atoms with Gasteiger partial charge in [-0.1, -0.05) is 31.0 Å². The van der Waals surface area contributed by atoms with Gasteiger partial charge in [-0.2, -0.15) is 0 Å². The summed E-state index contributed by atoms with van der Waals surface area (Å²) in [5, 5.41) is 5.67. The lowest BCUT2D eigenvalue weighted by atomic mass is 10.1. The normalized spacial score (nSPS) is 9.93. The summed E-state index contributed by atoms with van der Waals surface area (Å²) in [5.74, 6) is 0.274. The molecule has 0 atom stereocenters. The lowest BCUT2D eigenvalue weighted by molar-refractivity contribution is -0.116. The first-order chi connectivity index (χ1) is 13.1. The van der Waals surface area contributed by atoms with Crippen molar-refractivity contribution >= 4 is 35.6 Å². The SMILES string of the molecule is COc1cccc(NC(=O)c2ccccc2NC(=O)CCCCCCN)c1.Cl. The van der Waals surface area contributed by atoms with Crippen molar-refractivity contribution in [3.8, 4) is 5.75 Å². The third-order valence-electron chi connectivity index (χ3n) is 4.13. The molecule has 2 aromatic rings. The summed E-state index contributed by atoms with van der Waals surface area (Å²) < 4.78 is 5.17. The predicted octanol–water partition coefficient (Wildman–Crippen LogP) is 4.22. The molecular weight excluding hydrogens is 378 g/mol. The second-order valence-electron chi connectivity index (χ2n) is 6.23. The Balaban J connectivity index is 0.00000392. The molecule has 28 heavy (non-hydrogen) atoms. The maximum absolute atomic E-state index is 12.6. The number of nitrogens with two attached hydrogens (primary N) is 1. The van der Waals surface area contributed by atoms with Crippen molar-refractivity contribution < 1.29 is 14.3 Å². The molecule has 0 aliphatic carbocycles. The fraction of sp³-hybridized carbons (Fsp3) is 0.333. The van der Waals surface area contributed by atoms with Crippen molar-refractivity contribution in [2.45, 2.75) is 32.1 Å². The Morgan fingerprint density at radius 1 is 0.964 bits per heavy atom. The van der Waals surface area contributed by atoms with E-state index >= 15 is 0 Å². The molecule has 0 fully saturated rings. The van der Waals surface area contributed by atoms with E-state index in [0.29, 0.717) is 35.7 Å². The molecule has 2 rings (SSSR count). The van der Waals surface area contributed by atoms with Gasteiger partial charge in [-0.25, -0.2) is 0 Å². The van der Waals surface area contributed by atoms with Gasteiger partial charge >= 0.3 is 0 Å². The van der Waals surface area contributed by atoms with Crippen LogP contribution in [-0.2, 0) is 4.79 Å². The van der Waals surface area contributed by atoms with E-state index in [-0.39, 0.29) is 24.2 Å². The van der Waals surface area contributed by atoms with Gasteiger partial charge < -0.3 is 21.1 Å². The highest BCUT2D eigenvalue weighted by atomic mass is 35.5. The van der Waals surface area contributed by atoms with Crippen LogP contribution in [0.5, 0.6) is 5.75 Å². The molecule has 2 amide bonds. The minimum atomic E-state index is -0.290. The first-order valence-corrected chi connectivity index (χ1v) is 9.18. The summed E-state index contributed by atoms with van der Waals surface area (Å²) in [4.78, 5) is 24.8. The fourth-order valence-electron chi connectivity index (χ4n) is 2.69. The van der Waals surface area contributed by atoms with Crippen LogP contribution in [0.25, 0.3) is 0 Å². The number of nitrogens with one attached hydrogen (secondary N) is 2. The number of unbranched alkanes of at least 4 members (excludes halogenated alkanes) is 3. The fourth-order valence-corrected chi connectivity index (χ4v) is 2.69. The molecule has 0 aromatic heterocycles. The van der Waals surface area contributed by atoms with E-state index in [1.165, 1.54) is 0 Å². The van der Waals surface area contributed by atoms with Crippen molar-refractivity contribution in [2.24, 2.45) is 5.73 Å². The van der Waals surface area contributed by atoms with E-state index in [2.05, 4.69) is 10.6 Å². The molecule has 7 heteroatoms. The van der Waals surface area contributed by atoms with Gasteiger partial charge in [-0.05, 0) is 43.7 Å². The number of hydrogen-bond acceptors (Lipinski definition) is 4. The van der Waals surface area contributed by atoms with Crippen LogP contribution in [0, 0.1) is 0 Å². The van der Waals surface area contributed by atoms with Crippen molar-refractivity contribution in [3.05, 3.63) is 54.1 Å². The van der Waals surface area contributed by atoms with Gasteiger partial charge in [0.05, 0.1) is 18.4 Å². The van der Waals surface area contributed by atoms with E-state index in [4.69, 9.17) is 10.5 Å². The maximum atomic E-state index is 12.6. The molecule has 0 saturated carbocycles. The average molecular weight is 406 g/mol. The molecule has 0 unspecified atom stereocenters. The van der Waals surface area contributed by atoms with Gasteiger partial charge in [0.25, 0.3) is 5.91 Å². The Labute approximate surface area is 172 Å². The van der Waals surface area contributed by atoms with Crippen molar-refractivity contribution in [1.29, 1.82) is 0 Å². The van der Waals surface area contributed by atoms with Crippen LogP contribution < -0.4 is 21.1 Å². The van der Waals surface area contributed by atoms with Gasteiger partial charge in [0.2, 0.25) is 5.91 Å². The van der Waals surface area contributed by atoms with E-state index in [1.807, 2.05) is 0 Å². The monoisotopic (exact) mass is 405 g/mol. The largest absolute Gasteiger partial charge is 0.497 e.